The lowest BCUT2D eigenvalue weighted by molar-refractivity contribution is -0.137. The minimum atomic E-state index is -4.65. The molecular weight excluding hydrogens is 428 g/mol. The van der Waals surface area contributed by atoms with Crippen molar-refractivity contribution in [2.75, 3.05) is 18.4 Å². The molecule has 0 aromatic heterocycles. The van der Waals surface area contributed by atoms with Gasteiger partial charge in [-0.3, -0.25) is 0 Å². The minimum absolute atomic E-state index is 0.0787. The van der Waals surface area contributed by atoms with Gasteiger partial charge in [-0.05, 0) is 61.6 Å². The van der Waals surface area contributed by atoms with Gasteiger partial charge in [0.25, 0.3) is 0 Å². The standard InChI is InChI=1S/C23H26F4N2O3/c1-15(2)14-22(31)7-9-29(10-8-22)21(30)28-18-11-16(23(25,26)27)12-20(13-18)32-19-5-3-17(24)4-6-19/h3-6,11-13,15,31H,7-10,14H2,1-2H3,(H,28,30). The fourth-order valence-electron chi connectivity index (χ4n) is 3.83. The van der Waals surface area contributed by atoms with Crippen LogP contribution in [0.25, 0.3) is 0 Å². The molecule has 1 aliphatic rings. The zero-order chi connectivity index (χ0) is 23.5. The van der Waals surface area contributed by atoms with E-state index in [1.165, 1.54) is 23.1 Å². The van der Waals surface area contributed by atoms with Crippen molar-refractivity contribution in [1.29, 1.82) is 0 Å². The van der Waals surface area contributed by atoms with Crippen LogP contribution in [-0.4, -0.2) is 34.7 Å². The van der Waals surface area contributed by atoms with Gasteiger partial charge in [-0.15, -0.1) is 0 Å². The lowest BCUT2D eigenvalue weighted by Crippen LogP contribution is -2.48. The van der Waals surface area contributed by atoms with Gasteiger partial charge in [0.1, 0.15) is 17.3 Å². The molecule has 2 N–H and O–H groups in total. The number of rotatable bonds is 5. The zero-order valence-corrected chi connectivity index (χ0v) is 17.9. The predicted octanol–water partition coefficient (Wildman–Crippen LogP) is 6.04. The van der Waals surface area contributed by atoms with E-state index in [9.17, 15) is 27.5 Å². The molecule has 1 fully saturated rings. The summed E-state index contributed by atoms with van der Waals surface area (Å²) >= 11 is 0. The van der Waals surface area contributed by atoms with Gasteiger partial charge < -0.3 is 20.1 Å². The van der Waals surface area contributed by atoms with Crippen LogP contribution in [0, 0.1) is 11.7 Å². The van der Waals surface area contributed by atoms with E-state index in [1.807, 2.05) is 13.8 Å². The maximum Gasteiger partial charge on any atom is 0.416 e. The molecule has 9 heteroatoms. The van der Waals surface area contributed by atoms with Gasteiger partial charge in [0, 0.05) is 24.8 Å². The largest absolute Gasteiger partial charge is 0.457 e. The second kappa shape index (κ2) is 9.36. The Morgan fingerprint density at radius 1 is 1.12 bits per heavy atom. The number of piperidine rings is 1. The Morgan fingerprint density at radius 3 is 2.31 bits per heavy atom. The number of likely N-dealkylation sites (tertiary alicyclic amines) is 1. The Hall–Kier alpha value is -2.81. The van der Waals surface area contributed by atoms with Crippen molar-refractivity contribution >= 4 is 11.7 Å². The summed E-state index contributed by atoms with van der Waals surface area (Å²) in [6.45, 7) is 4.62. The second-order valence-electron chi connectivity index (χ2n) is 8.54. The minimum Gasteiger partial charge on any atom is -0.457 e. The number of carbonyl (C=O) groups excluding carboxylic acids is 1. The molecular formula is C23H26F4N2O3. The average Bonchev–Trinajstić information content (AvgIpc) is 2.68. The maximum atomic E-state index is 13.4. The van der Waals surface area contributed by atoms with Crippen molar-refractivity contribution in [3.05, 3.63) is 53.8 Å². The third kappa shape index (κ3) is 6.35. The molecule has 0 atom stereocenters. The van der Waals surface area contributed by atoms with Gasteiger partial charge in [0.2, 0.25) is 0 Å². The molecule has 3 rings (SSSR count). The van der Waals surface area contributed by atoms with Crippen LogP contribution in [0.15, 0.2) is 42.5 Å². The van der Waals surface area contributed by atoms with Crippen LogP contribution >= 0.6 is 0 Å². The Bertz CT molecular complexity index is 937. The number of alkyl halides is 3. The number of aliphatic hydroxyl groups is 1. The molecule has 1 saturated heterocycles. The molecule has 0 aliphatic carbocycles. The fourth-order valence-corrected chi connectivity index (χ4v) is 3.83. The summed E-state index contributed by atoms with van der Waals surface area (Å²) < 4.78 is 58.6. The van der Waals surface area contributed by atoms with Crippen molar-refractivity contribution in [3.63, 3.8) is 0 Å². The first-order valence-electron chi connectivity index (χ1n) is 10.4. The first-order chi connectivity index (χ1) is 14.9. The molecule has 0 radical (unpaired) electrons. The third-order valence-corrected chi connectivity index (χ3v) is 5.30. The molecule has 2 aromatic carbocycles. The summed E-state index contributed by atoms with van der Waals surface area (Å²) in [4.78, 5) is 14.1. The molecule has 0 unspecified atom stereocenters. The number of urea groups is 1. The van der Waals surface area contributed by atoms with Crippen LogP contribution in [0.4, 0.5) is 28.0 Å². The van der Waals surface area contributed by atoms with E-state index in [0.717, 1.165) is 24.3 Å². The normalized spacial score (nSPS) is 16.2. The quantitative estimate of drug-likeness (QED) is 0.542. The van der Waals surface area contributed by atoms with Crippen molar-refractivity contribution in [2.45, 2.75) is 44.9 Å². The molecule has 1 aliphatic heterocycles. The summed E-state index contributed by atoms with van der Waals surface area (Å²) in [6, 6.07) is 7.20. The smallest absolute Gasteiger partial charge is 0.416 e. The summed E-state index contributed by atoms with van der Waals surface area (Å²) in [5.74, 6) is -0.184. The number of nitrogens with zero attached hydrogens (tertiary/aromatic N) is 1. The highest BCUT2D eigenvalue weighted by atomic mass is 19.4. The number of nitrogens with one attached hydrogen (secondary N) is 1. The van der Waals surface area contributed by atoms with E-state index >= 15 is 0 Å². The number of benzene rings is 2. The molecule has 0 bridgehead atoms. The molecule has 2 aromatic rings. The predicted molar refractivity (Wildman–Crippen MR) is 112 cm³/mol. The molecule has 0 saturated carbocycles. The van der Waals surface area contributed by atoms with E-state index in [2.05, 4.69) is 5.32 Å². The summed E-state index contributed by atoms with van der Waals surface area (Å²) in [7, 11) is 0. The molecule has 1 heterocycles. The number of anilines is 1. The van der Waals surface area contributed by atoms with Crippen LogP contribution in [-0.2, 0) is 6.18 Å². The zero-order valence-electron chi connectivity index (χ0n) is 17.9. The van der Waals surface area contributed by atoms with Gasteiger partial charge in [0.05, 0.1) is 11.2 Å². The monoisotopic (exact) mass is 454 g/mol. The number of ether oxygens (including phenoxy) is 1. The third-order valence-electron chi connectivity index (χ3n) is 5.30. The van der Waals surface area contributed by atoms with Gasteiger partial charge in [-0.2, -0.15) is 13.2 Å². The average molecular weight is 454 g/mol. The van der Waals surface area contributed by atoms with E-state index in [0.29, 0.717) is 38.3 Å². The Balaban J connectivity index is 1.74. The first kappa shape index (κ1) is 23.8. The van der Waals surface area contributed by atoms with Gasteiger partial charge >= 0.3 is 12.2 Å². The summed E-state index contributed by atoms with van der Waals surface area (Å²) in [6.07, 6.45) is -3.22. The number of hydrogen-bond donors (Lipinski definition) is 2. The maximum absolute atomic E-state index is 13.4. The number of amides is 2. The van der Waals surface area contributed by atoms with Crippen molar-refractivity contribution in [2.24, 2.45) is 5.92 Å². The van der Waals surface area contributed by atoms with Crippen LogP contribution in [0.1, 0.15) is 38.7 Å². The Labute approximate surface area is 184 Å². The van der Waals surface area contributed by atoms with E-state index < -0.39 is 29.2 Å². The fraction of sp³-hybridized carbons (Fsp3) is 0.435. The van der Waals surface area contributed by atoms with E-state index in [4.69, 9.17) is 4.74 Å². The van der Waals surface area contributed by atoms with E-state index in [1.54, 1.807) is 0 Å². The Morgan fingerprint density at radius 2 is 1.75 bits per heavy atom. The van der Waals surface area contributed by atoms with E-state index in [-0.39, 0.29) is 17.2 Å². The molecule has 2 amide bonds. The lowest BCUT2D eigenvalue weighted by atomic mass is 9.84. The summed E-state index contributed by atoms with van der Waals surface area (Å²) in [5, 5.41) is 13.1. The van der Waals surface area contributed by atoms with Gasteiger partial charge in [-0.25, -0.2) is 9.18 Å². The summed E-state index contributed by atoms with van der Waals surface area (Å²) in [5.41, 5.74) is -1.90. The van der Waals surface area contributed by atoms with Gasteiger partial charge in [-0.1, -0.05) is 13.8 Å². The highest BCUT2D eigenvalue weighted by molar-refractivity contribution is 5.89. The second-order valence-corrected chi connectivity index (χ2v) is 8.54. The lowest BCUT2D eigenvalue weighted by Gasteiger charge is -2.39. The number of halogens is 4. The van der Waals surface area contributed by atoms with Gasteiger partial charge in [0.15, 0.2) is 0 Å². The highest BCUT2D eigenvalue weighted by Crippen LogP contribution is 2.36. The molecule has 32 heavy (non-hydrogen) atoms. The van der Waals surface area contributed by atoms with Crippen LogP contribution < -0.4 is 10.1 Å². The van der Waals surface area contributed by atoms with Crippen LogP contribution in [0.5, 0.6) is 11.5 Å². The first-order valence-corrected chi connectivity index (χ1v) is 10.4. The van der Waals surface area contributed by atoms with Crippen molar-refractivity contribution in [1.82, 2.24) is 4.90 Å². The van der Waals surface area contributed by atoms with Crippen molar-refractivity contribution in [3.8, 4) is 11.5 Å². The Kier molecular flexibility index (Phi) is 6.97. The number of carbonyl (C=O) groups is 1. The SMILES string of the molecule is CC(C)CC1(O)CCN(C(=O)Nc2cc(Oc3ccc(F)cc3)cc(C(F)(F)F)c2)CC1. The van der Waals surface area contributed by atoms with Crippen LogP contribution in [0.3, 0.4) is 0 Å². The van der Waals surface area contributed by atoms with Crippen LogP contribution in [0.2, 0.25) is 0 Å². The number of hydrogen-bond acceptors (Lipinski definition) is 3. The highest BCUT2D eigenvalue weighted by Gasteiger charge is 2.35. The van der Waals surface area contributed by atoms with Crippen molar-refractivity contribution < 1.29 is 32.2 Å². The molecule has 0 spiro atoms. The topological polar surface area (TPSA) is 61.8 Å². The molecule has 5 nitrogen and oxygen atoms in total. The molecule has 174 valence electrons.